The van der Waals surface area contributed by atoms with E-state index in [0.29, 0.717) is 17.1 Å². The van der Waals surface area contributed by atoms with Gasteiger partial charge in [-0.15, -0.1) is 0 Å². The lowest BCUT2D eigenvalue weighted by molar-refractivity contribution is 0.0342. The smallest absolute Gasteiger partial charge is 0.251 e. The first-order valence-electron chi connectivity index (χ1n) is 8.12. The van der Waals surface area contributed by atoms with E-state index in [1.165, 1.54) is 5.56 Å². The molecule has 2 aromatic carbocycles. The average Bonchev–Trinajstić information content (AvgIpc) is 2.62. The molecule has 1 heterocycles. The number of halogens is 1. The van der Waals surface area contributed by atoms with Gasteiger partial charge in [-0.1, -0.05) is 35.9 Å². The minimum absolute atomic E-state index is 0.0935. The zero-order valence-electron chi connectivity index (χ0n) is 13.5. The van der Waals surface area contributed by atoms with E-state index in [1.54, 1.807) is 24.3 Å². The van der Waals surface area contributed by atoms with E-state index < -0.39 is 0 Å². The molecule has 0 unspecified atom stereocenters. The van der Waals surface area contributed by atoms with Crippen molar-refractivity contribution in [2.24, 2.45) is 0 Å². The molecule has 1 aliphatic heterocycles. The van der Waals surface area contributed by atoms with Gasteiger partial charge in [-0.05, 0) is 35.4 Å². The molecule has 126 valence electrons. The lowest BCUT2D eigenvalue weighted by atomic mass is 10.1. The van der Waals surface area contributed by atoms with Crippen LogP contribution in [-0.4, -0.2) is 37.1 Å². The number of morpholine rings is 1. The molecule has 1 saturated heterocycles. The third-order valence-electron chi connectivity index (χ3n) is 4.09. The van der Waals surface area contributed by atoms with Crippen molar-refractivity contribution in [2.45, 2.75) is 13.1 Å². The fourth-order valence-corrected chi connectivity index (χ4v) is 2.79. The molecule has 0 atom stereocenters. The predicted octanol–water partition coefficient (Wildman–Crippen LogP) is 3.10. The van der Waals surface area contributed by atoms with Crippen LogP contribution >= 0.6 is 11.6 Å². The standard InChI is InChI=1S/C19H21ClN2O2/c20-18-7-5-17(6-8-18)19(23)21-13-15-1-3-16(4-2-15)14-22-9-11-24-12-10-22/h1-8H,9-14H2,(H,21,23). The number of hydrogen-bond donors (Lipinski definition) is 1. The van der Waals surface area contributed by atoms with Gasteiger partial charge in [-0.2, -0.15) is 0 Å². The van der Waals surface area contributed by atoms with Gasteiger partial charge in [0.1, 0.15) is 0 Å². The topological polar surface area (TPSA) is 41.6 Å². The van der Waals surface area contributed by atoms with E-state index in [-0.39, 0.29) is 5.91 Å². The molecule has 0 aliphatic carbocycles. The molecule has 1 aliphatic rings. The van der Waals surface area contributed by atoms with Crippen molar-refractivity contribution in [1.82, 2.24) is 10.2 Å². The second kappa shape index (κ2) is 8.29. The summed E-state index contributed by atoms with van der Waals surface area (Å²) in [5.41, 5.74) is 2.98. The summed E-state index contributed by atoms with van der Waals surface area (Å²) in [6.45, 7) is 5.06. The molecule has 24 heavy (non-hydrogen) atoms. The second-order valence-corrected chi connectivity index (χ2v) is 6.33. The van der Waals surface area contributed by atoms with Gasteiger partial charge in [0.25, 0.3) is 5.91 Å². The fraction of sp³-hybridized carbons (Fsp3) is 0.316. The zero-order chi connectivity index (χ0) is 16.8. The number of nitrogens with one attached hydrogen (secondary N) is 1. The normalized spacial score (nSPS) is 15.2. The number of amides is 1. The highest BCUT2D eigenvalue weighted by molar-refractivity contribution is 6.30. The first kappa shape index (κ1) is 17.0. The monoisotopic (exact) mass is 344 g/mol. The number of ether oxygens (including phenoxy) is 1. The SMILES string of the molecule is O=C(NCc1ccc(CN2CCOCC2)cc1)c1ccc(Cl)cc1. The van der Waals surface area contributed by atoms with Crippen LogP contribution in [0.2, 0.25) is 5.02 Å². The quantitative estimate of drug-likeness (QED) is 0.906. The van der Waals surface area contributed by atoms with Crippen molar-refractivity contribution in [3.05, 3.63) is 70.2 Å². The third kappa shape index (κ3) is 4.81. The Balaban J connectivity index is 1.50. The Bertz CT molecular complexity index is 665. The lowest BCUT2D eigenvalue weighted by Gasteiger charge is -2.26. The number of carbonyl (C=O) groups excluding carboxylic acids is 1. The van der Waals surface area contributed by atoms with Gasteiger partial charge in [0.15, 0.2) is 0 Å². The van der Waals surface area contributed by atoms with Crippen molar-refractivity contribution in [1.29, 1.82) is 0 Å². The molecule has 0 bridgehead atoms. The zero-order valence-corrected chi connectivity index (χ0v) is 14.3. The number of carbonyl (C=O) groups is 1. The van der Waals surface area contributed by atoms with E-state index in [1.807, 2.05) is 0 Å². The van der Waals surface area contributed by atoms with Crippen molar-refractivity contribution >= 4 is 17.5 Å². The number of nitrogens with zero attached hydrogens (tertiary/aromatic N) is 1. The Morgan fingerprint density at radius 1 is 1.00 bits per heavy atom. The van der Waals surface area contributed by atoms with E-state index >= 15 is 0 Å². The minimum atomic E-state index is -0.0935. The van der Waals surface area contributed by atoms with Gasteiger partial charge < -0.3 is 10.1 Å². The van der Waals surface area contributed by atoms with Crippen LogP contribution in [-0.2, 0) is 17.8 Å². The first-order valence-corrected chi connectivity index (χ1v) is 8.50. The summed E-state index contributed by atoms with van der Waals surface area (Å²) in [4.78, 5) is 14.5. The van der Waals surface area contributed by atoms with Gasteiger partial charge in [0.05, 0.1) is 13.2 Å². The fourth-order valence-electron chi connectivity index (χ4n) is 2.67. The summed E-state index contributed by atoms with van der Waals surface area (Å²) in [7, 11) is 0. The molecule has 1 amide bonds. The molecule has 2 aromatic rings. The van der Waals surface area contributed by atoms with Crippen LogP contribution in [0.5, 0.6) is 0 Å². The highest BCUT2D eigenvalue weighted by Gasteiger charge is 2.10. The van der Waals surface area contributed by atoms with Gasteiger partial charge in [0, 0.05) is 36.8 Å². The number of benzene rings is 2. The van der Waals surface area contributed by atoms with E-state index in [0.717, 1.165) is 38.4 Å². The molecule has 0 radical (unpaired) electrons. The summed E-state index contributed by atoms with van der Waals surface area (Å²) in [5, 5.41) is 3.55. The maximum Gasteiger partial charge on any atom is 0.251 e. The molecular weight excluding hydrogens is 324 g/mol. The van der Waals surface area contributed by atoms with Gasteiger partial charge in [0.2, 0.25) is 0 Å². The Morgan fingerprint density at radius 3 is 2.29 bits per heavy atom. The van der Waals surface area contributed by atoms with E-state index in [9.17, 15) is 4.79 Å². The molecular formula is C19H21ClN2O2. The summed E-state index contributed by atoms with van der Waals surface area (Å²) in [5.74, 6) is -0.0935. The number of hydrogen-bond acceptors (Lipinski definition) is 3. The first-order chi connectivity index (χ1) is 11.7. The highest BCUT2D eigenvalue weighted by Crippen LogP contribution is 2.11. The van der Waals surface area contributed by atoms with Gasteiger partial charge in [-0.3, -0.25) is 9.69 Å². The average molecular weight is 345 g/mol. The molecule has 1 fully saturated rings. The van der Waals surface area contributed by atoms with Crippen LogP contribution in [0.25, 0.3) is 0 Å². The maximum absolute atomic E-state index is 12.1. The van der Waals surface area contributed by atoms with Crippen LogP contribution in [0.3, 0.4) is 0 Å². The molecule has 3 rings (SSSR count). The Kier molecular flexibility index (Phi) is 5.86. The van der Waals surface area contributed by atoms with Crippen LogP contribution in [0.15, 0.2) is 48.5 Å². The molecule has 0 aromatic heterocycles. The van der Waals surface area contributed by atoms with Crippen LogP contribution in [0, 0.1) is 0 Å². The summed E-state index contributed by atoms with van der Waals surface area (Å²) < 4.78 is 5.36. The summed E-state index contributed by atoms with van der Waals surface area (Å²) in [6, 6.07) is 15.3. The Morgan fingerprint density at radius 2 is 1.62 bits per heavy atom. The maximum atomic E-state index is 12.1. The second-order valence-electron chi connectivity index (χ2n) is 5.89. The minimum Gasteiger partial charge on any atom is -0.379 e. The van der Waals surface area contributed by atoms with Crippen molar-refractivity contribution in [3.8, 4) is 0 Å². The van der Waals surface area contributed by atoms with Gasteiger partial charge >= 0.3 is 0 Å². The molecule has 1 N–H and O–H groups in total. The Hall–Kier alpha value is -1.88. The van der Waals surface area contributed by atoms with Crippen LogP contribution in [0.1, 0.15) is 21.5 Å². The van der Waals surface area contributed by atoms with Crippen molar-refractivity contribution < 1.29 is 9.53 Å². The van der Waals surface area contributed by atoms with E-state index in [2.05, 4.69) is 34.5 Å². The Labute approximate surface area is 147 Å². The van der Waals surface area contributed by atoms with Crippen molar-refractivity contribution in [2.75, 3.05) is 26.3 Å². The highest BCUT2D eigenvalue weighted by atomic mass is 35.5. The summed E-state index contributed by atoms with van der Waals surface area (Å²) >= 11 is 5.83. The van der Waals surface area contributed by atoms with E-state index in [4.69, 9.17) is 16.3 Å². The van der Waals surface area contributed by atoms with Gasteiger partial charge in [-0.25, -0.2) is 0 Å². The molecule has 5 heteroatoms. The largest absolute Gasteiger partial charge is 0.379 e. The van der Waals surface area contributed by atoms with Crippen molar-refractivity contribution in [3.63, 3.8) is 0 Å². The predicted molar refractivity (Wildman–Crippen MR) is 95.2 cm³/mol. The molecule has 4 nitrogen and oxygen atoms in total. The van der Waals surface area contributed by atoms with Crippen LogP contribution < -0.4 is 5.32 Å². The summed E-state index contributed by atoms with van der Waals surface area (Å²) in [6.07, 6.45) is 0. The molecule has 0 saturated carbocycles. The number of rotatable bonds is 5. The third-order valence-corrected chi connectivity index (χ3v) is 4.34. The molecule has 0 spiro atoms. The van der Waals surface area contributed by atoms with Crippen LogP contribution in [0.4, 0.5) is 0 Å². The lowest BCUT2D eigenvalue weighted by Crippen LogP contribution is -2.35.